The second kappa shape index (κ2) is 13.4. The van der Waals surface area contributed by atoms with E-state index in [0.717, 1.165) is 13.1 Å². The Kier molecular flexibility index (Phi) is 10.6. The van der Waals surface area contributed by atoms with Gasteiger partial charge in [-0.1, -0.05) is 29.8 Å². The molecule has 1 aliphatic rings. The molecule has 1 N–H and O–H groups in total. The summed E-state index contributed by atoms with van der Waals surface area (Å²) in [5, 5.41) is 3.27. The molecule has 2 amide bonds. The molecule has 3 rings (SSSR count). The molecule has 2 heterocycles. The van der Waals surface area contributed by atoms with Crippen molar-refractivity contribution in [2.75, 3.05) is 53.1 Å². The maximum absolute atomic E-state index is 13.4. The number of imidazole rings is 1. The first-order valence-corrected chi connectivity index (χ1v) is 14.1. The first-order valence-electron chi connectivity index (χ1n) is 12.1. The van der Waals surface area contributed by atoms with Crippen LogP contribution < -0.4 is 5.32 Å². The van der Waals surface area contributed by atoms with Gasteiger partial charge in [-0.3, -0.25) is 4.90 Å². The van der Waals surface area contributed by atoms with Crippen molar-refractivity contribution in [1.29, 1.82) is 0 Å². The van der Waals surface area contributed by atoms with E-state index in [0.29, 0.717) is 49.2 Å². The average Bonchev–Trinajstić information content (AvgIpc) is 3.25. The Balaban J connectivity index is 1.85. The smallest absolute Gasteiger partial charge is 0.317 e. The van der Waals surface area contributed by atoms with Crippen molar-refractivity contribution >= 4 is 27.5 Å². The zero-order chi connectivity index (χ0) is 26.1. The lowest BCUT2D eigenvalue weighted by molar-refractivity contribution is 0.0345. The number of hydrogen-bond donors (Lipinski definition) is 1. The molecule has 200 valence electrons. The number of methoxy groups -OCH3 is 1. The third kappa shape index (κ3) is 7.91. The second-order valence-electron chi connectivity index (χ2n) is 9.01. The van der Waals surface area contributed by atoms with E-state index in [2.05, 4.69) is 15.2 Å². The summed E-state index contributed by atoms with van der Waals surface area (Å²) in [7, 11) is -2.26. The number of carbonyl (C=O) groups excluding carboxylic acids is 1. The van der Waals surface area contributed by atoms with E-state index in [1.807, 2.05) is 13.8 Å². The van der Waals surface area contributed by atoms with E-state index in [4.69, 9.17) is 21.1 Å². The van der Waals surface area contributed by atoms with Crippen LogP contribution in [0.4, 0.5) is 4.79 Å². The Hall–Kier alpha value is -2.18. The number of amides is 2. The highest BCUT2D eigenvalue weighted by Crippen LogP contribution is 2.23. The molecule has 1 fully saturated rings. The number of benzene rings is 1. The van der Waals surface area contributed by atoms with Crippen molar-refractivity contribution < 1.29 is 22.7 Å². The van der Waals surface area contributed by atoms with Crippen molar-refractivity contribution in [1.82, 2.24) is 24.7 Å². The third-order valence-corrected chi connectivity index (χ3v) is 7.79. The number of morpholine rings is 1. The molecular weight excluding hydrogens is 506 g/mol. The van der Waals surface area contributed by atoms with Crippen molar-refractivity contribution in [2.24, 2.45) is 0 Å². The van der Waals surface area contributed by atoms with E-state index in [-0.39, 0.29) is 36.1 Å². The van der Waals surface area contributed by atoms with E-state index in [9.17, 15) is 13.2 Å². The van der Waals surface area contributed by atoms with Gasteiger partial charge in [0, 0.05) is 50.9 Å². The van der Waals surface area contributed by atoms with Gasteiger partial charge in [0.1, 0.15) is 0 Å². The molecule has 0 aliphatic carbocycles. The summed E-state index contributed by atoms with van der Waals surface area (Å²) in [6, 6.07) is 6.61. The fraction of sp³-hybridized carbons (Fsp3) is 0.583. The molecule has 1 aromatic heterocycles. The summed E-state index contributed by atoms with van der Waals surface area (Å²) >= 11 is 6.22. The lowest BCUT2D eigenvalue weighted by Gasteiger charge is -2.30. The molecule has 0 spiro atoms. The number of rotatable bonds is 12. The van der Waals surface area contributed by atoms with Crippen LogP contribution in [0.25, 0.3) is 0 Å². The van der Waals surface area contributed by atoms with Gasteiger partial charge < -0.3 is 24.3 Å². The standard InChI is InChI=1S/C24H36ClN5O5S/c1-19(2)27-23(31)29(9-8-28-10-14-35-15-11-28)17-21-16-26-24(30(21)12-13-34-3)36(32,33)18-20-6-4-5-7-22(20)25/h4-7,16,19H,8-15,17-18H2,1-3H3,(H,27,31). The van der Waals surface area contributed by atoms with Gasteiger partial charge in [0.05, 0.1) is 44.0 Å². The molecule has 0 atom stereocenters. The summed E-state index contributed by atoms with van der Waals surface area (Å²) in [6.45, 7) is 8.75. The number of aromatic nitrogens is 2. The summed E-state index contributed by atoms with van der Waals surface area (Å²) < 4.78 is 39.0. The molecule has 10 nitrogen and oxygen atoms in total. The topological polar surface area (TPSA) is 106 Å². The Bertz CT molecular complexity index is 1100. The van der Waals surface area contributed by atoms with Crippen molar-refractivity contribution in [3.8, 4) is 0 Å². The SMILES string of the molecule is COCCn1c(CN(CCN2CCOCC2)C(=O)NC(C)C)cnc1S(=O)(=O)Cc1ccccc1Cl. The number of halogens is 1. The second-order valence-corrected chi connectivity index (χ2v) is 11.3. The van der Waals surface area contributed by atoms with Crippen LogP contribution >= 0.6 is 11.6 Å². The number of nitrogens with one attached hydrogen (secondary N) is 1. The van der Waals surface area contributed by atoms with Crippen LogP contribution in [0.3, 0.4) is 0 Å². The molecule has 2 aromatic rings. The number of carbonyl (C=O) groups is 1. The maximum Gasteiger partial charge on any atom is 0.317 e. The van der Waals surface area contributed by atoms with Crippen molar-refractivity contribution in [2.45, 2.75) is 43.9 Å². The van der Waals surface area contributed by atoms with Crippen LogP contribution in [-0.4, -0.2) is 93.0 Å². The van der Waals surface area contributed by atoms with Crippen LogP contribution in [0.2, 0.25) is 5.02 Å². The fourth-order valence-electron chi connectivity index (χ4n) is 3.95. The minimum Gasteiger partial charge on any atom is -0.383 e. The highest BCUT2D eigenvalue weighted by molar-refractivity contribution is 7.90. The largest absolute Gasteiger partial charge is 0.383 e. The van der Waals surface area contributed by atoms with E-state index in [1.165, 1.54) is 6.20 Å². The molecule has 1 saturated heterocycles. The zero-order valence-electron chi connectivity index (χ0n) is 21.2. The summed E-state index contributed by atoms with van der Waals surface area (Å²) in [5.74, 6) is -0.273. The third-order valence-electron chi connectivity index (χ3n) is 5.84. The molecule has 0 radical (unpaired) electrons. The zero-order valence-corrected chi connectivity index (χ0v) is 22.7. The number of sulfone groups is 1. The van der Waals surface area contributed by atoms with E-state index < -0.39 is 9.84 Å². The summed E-state index contributed by atoms with van der Waals surface area (Å²) in [4.78, 5) is 21.2. The Morgan fingerprint density at radius 1 is 1.25 bits per heavy atom. The molecular formula is C24H36ClN5O5S. The number of ether oxygens (including phenoxy) is 2. The molecule has 1 aliphatic heterocycles. The Morgan fingerprint density at radius 2 is 1.97 bits per heavy atom. The van der Waals surface area contributed by atoms with Gasteiger partial charge in [-0.15, -0.1) is 0 Å². The normalized spacial score (nSPS) is 14.8. The minimum atomic E-state index is -3.81. The van der Waals surface area contributed by atoms with E-state index >= 15 is 0 Å². The lowest BCUT2D eigenvalue weighted by Crippen LogP contribution is -2.47. The number of urea groups is 1. The van der Waals surface area contributed by atoms with Gasteiger partial charge in [-0.25, -0.2) is 18.2 Å². The van der Waals surface area contributed by atoms with Crippen LogP contribution in [0.5, 0.6) is 0 Å². The highest BCUT2D eigenvalue weighted by atomic mass is 35.5. The first-order chi connectivity index (χ1) is 17.2. The van der Waals surface area contributed by atoms with Crippen molar-refractivity contribution in [3.63, 3.8) is 0 Å². The Labute approximate surface area is 218 Å². The molecule has 12 heteroatoms. The van der Waals surface area contributed by atoms with Crippen molar-refractivity contribution in [3.05, 3.63) is 46.7 Å². The number of hydrogen-bond acceptors (Lipinski definition) is 7. The van der Waals surface area contributed by atoms with Crippen LogP contribution in [0.15, 0.2) is 35.6 Å². The van der Waals surface area contributed by atoms with Gasteiger partial charge in [0.15, 0.2) is 0 Å². The van der Waals surface area contributed by atoms with Gasteiger partial charge in [0.25, 0.3) is 0 Å². The molecule has 36 heavy (non-hydrogen) atoms. The first kappa shape index (κ1) is 28.4. The van der Waals surface area contributed by atoms with Gasteiger partial charge in [-0.2, -0.15) is 0 Å². The van der Waals surface area contributed by atoms with Crippen LogP contribution in [-0.2, 0) is 38.2 Å². The predicted octanol–water partition coefficient (Wildman–Crippen LogP) is 2.41. The van der Waals surface area contributed by atoms with Gasteiger partial charge in [-0.05, 0) is 25.5 Å². The van der Waals surface area contributed by atoms with Crippen LogP contribution in [0.1, 0.15) is 25.1 Å². The highest BCUT2D eigenvalue weighted by Gasteiger charge is 2.27. The predicted molar refractivity (Wildman–Crippen MR) is 138 cm³/mol. The maximum atomic E-state index is 13.4. The van der Waals surface area contributed by atoms with E-state index in [1.54, 1.807) is 40.8 Å². The average molecular weight is 542 g/mol. The molecule has 0 saturated carbocycles. The molecule has 1 aromatic carbocycles. The number of nitrogens with zero attached hydrogens (tertiary/aromatic N) is 4. The van der Waals surface area contributed by atoms with Gasteiger partial charge >= 0.3 is 6.03 Å². The minimum absolute atomic E-state index is 0.0339. The fourth-order valence-corrected chi connectivity index (χ4v) is 5.78. The molecule has 0 unspecified atom stereocenters. The summed E-state index contributed by atoms with van der Waals surface area (Å²) in [6.07, 6.45) is 1.53. The van der Waals surface area contributed by atoms with Gasteiger partial charge in [0.2, 0.25) is 15.0 Å². The Morgan fingerprint density at radius 3 is 2.64 bits per heavy atom. The van der Waals surface area contributed by atoms with Crippen LogP contribution in [0, 0.1) is 0 Å². The quantitative estimate of drug-likeness (QED) is 0.440. The lowest BCUT2D eigenvalue weighted by atomic mass is 10.2. The monoisotopic (exact) mass is 541 g/mol. The summed E-state index contributed by atoms with van der Waals surface area (Å²) in [5.41, 5.74) is 1.12. The molecule has 0 bridgehead atoms.